The van der Waals surface area contributed by atoms with E-state index < -0.39 is 26.3 Å². The van der Waals surface area contributed by atoms with Gasteiger partial charge in [0.2, 0.25) is 10.0 Å². The molecule has 4 nitrogen and oxygen atoms in total. The van der Waals surface area contributed by atoms with Gasteiger partial charge in [-0.05, 0) is 31.0 Å². The van der Waals surface area contributed by atoms with Gasteiger partial charge in [0.25, 0.3) is 0 Å². The summed E-state index contributed by atoms with van der Waals surface area (Å²) >= 11 is 5.57. The average molecular weight is 305 g/mol. The normalized spacial score (nSPS) is 15.0. The third kappa shape index (κ3) is 3.44. The Morgan fingerprint density at radius 1 is 1.47 bits per heavy atom. The summed E-state index contributed by atoms with van der Waals surface area (Å²) in [6.45, 7) is 4.84. The van der Waals surface area contributed by atoms with Crippen molar-refractivity contribution >= 4 is 21.6 Å². The smallest absolute Gasteiger partial charge is 0.207 e. The molecular formula is C12H14ClFN2O2S. The highest BCUT2D eigenvalue weighted by Crippen LogP contribution is 2.23. The van der Waals surface area contributed by atoms with Gasteiger partial charge >= 0.3 is 0 Å². The number of hydrogen-bond donors (Lipinski definition) is 1. The summed E-state index contributed by atoms with van der Waals surface area (Å²) in [4.78, 5) is -0.529. The van der Waals surface area contributed by atoms with E-state index in [-0.39, 0.29) is 10.9 Å². The predicted octanol–water partition coefficient (Wildman–Crippen LogP) is 2.70. The molecule has 1 atom stereocenters. The molecule has 0 fully saturated rings. The molecule has 0 heterocycles. The van der Waals surface area contributed by atoms with Gasteiger partial charge in [-0.15, -0.1) is 0 Å². The van der Waals surface area contributed by atoms with Crippen LogP contribution in [0.25, 0.3) is 0 Å². The first kappa shape index (κ1) is 15.9. The Bertz CT molecular complexity index is 625. The predicted molar refractivity (Wildman–Crippen MR) is 70.6 cm³/mol. The van der Waals surface area contributed by atoms with Crippen LogP contribution in [0.5, 0.6) is 0 Å². The molecule has 0 aromatic heterocycles. The van der Waals surface area contributed by atoms with Gasteiger partial charge in [0.15, 0.2) is 0 Å². The number of nitriles is 1. The van der Waals surface area contributed by atoms with Crippen LogP contribution in [0.4, 0.5) is 4.39 Å². The maximum absolute atomic E-state index is 13.6. The Morgan fingerprint density at radius 2 is 2.05 bits per heavy atom. The van der Waals surface area contributed by atoms with Gasteiger partial charge in [0.05, 0.1) is 6.07 Å². The lowest BCUT2D eigenvalue weighted by Gasteiger charge is -2.27. The van der Waals surface area contributed by atoms with Crippen molar-refractivity contribution in [2.75, 3.05) is 0 Å². The second-order valence-electron chi connectivity index (χ2n) is 4.65. The lowest BCUT2D eigenvalue weighted by atomic mass is 9.92. The number of nitrogens with one attached hydrogen (secondary N) is 1. The Labute approximate surface area is 117 Å². The molecule has 0 radical (unpaired) electrons. The minimum Gasteiger partial charge on any atom is -0.207 e. The highest BCUT2D eigenvalue weighted by molar-refractivity contribution is 7.89. The van der Waals surface area contributed by atoms with E-state index in [0.717, 1.165) is 12.1 Å². The van der Waals surface area contributed by atoms with Crippen LogP contribution in [-0.4, -0.2) is 14.0 Å². The topological polar surface area (TPSA) is 70.0 Å². The van der Waals surface area contributed by atoms with E-state index in [1.54, 1.807) is 13.8 Å². The van der Waals surface area contributed by atoms with Crippen LogP contribution < -0.4 is 4.72 Å². The van der Waals surface area contributed by atoms with Crippen LogP contribution in [0.15, 0.2) is 23.1 Å². The first-order chi connectivity index (χ1) is 8.62. The summed E-state index contributed by atoms with van der Waals surface area (Å²) < 4.78 is 40.1. The van der Waals surface area contributed by atoms with Gasteiger partial charge < -0.3 is 0 Å². The second kappa shape index (κ2) is 5.45. The molecule has 19 heavy (non-hydrogen) atoms. The molecule has 1 aromatic rings. The third-order valence-electron chi connectivity index (χ3n) is 2.92. The molecule has 1 N–H and O–H groups in total. The summed E-state index contributed by atoms with van der Waals surface area (Å²) in [6.07, 6.45) is 0. The zero-order chi connectivity index (χ0) is 14.8. The summed E-state index contributed by atoms with van der Waals surface area (Å²) in [5.41, 5.74) is -1.31. The first-order valence-corrected chi connectivity index (χ1v) is 7.39. The van der Waals surface area contributed by atoms with Gasteiger partial charge in [-0.1, -0.05) is 25.4 Å². The molecular weight excluding hydrogens is 291 g/mol. The molecule has 0 spiro atoms. The van der Waals surface area contributed by atoms with Crippen LogP contribution in [0.3, 0.4) is 0 Å². The molecule has 1 aromatic carbocycles. The first-order valence-electron chi connectivity index (χ1n) is 5.52. The molecule has 104 valence electrons. The van der Waals surface area contributed by atoms with Crippen LogP contribution >= 0.6 is 11.6 Å². The van der Waals surface area contributed by atoms with E-state index >= 15 is 0 Å². The van der Waals surface area contributed by atoms with Crippen molar-refractivity contribution < 1.29 is 12.8 Å². The summed E-state index contributed by atoms with van der Waals surface area (Å²) in [7, 11) is -4.13. The lowest BCUT2D eigenvalue weighted by Crippen LogP contribution is -2.48. The molecule has 0 aliphatic rings. The fourth-order valence-corrected chi connectivity index (χ4v) is 2.97. The number of halogens is 2. The van der Waals surface area contributed by atoms with E-state index in [1.165, 1.54) is 13.0 Å². The maximum atomic E-state index is 13.6. The van der Waals surface area contributed by atoms with Gasteiger partial charge in [0, 0.05) is 5.02 Å². The standard InChI is InChI=1S/C12H14ClFN2O2S/c1-8(2)12(3,7-15)16-19(17,18)11-5-4-9(13)6-10(11)14/h4-6,8,16H,1-3H3/t12-/m0/s1. The van der Waals surface area contributed by atoms with Crippen molar-refractivity contribution in [3.8, 4) is 6.07 Å². The number of rotatable bonds is 4. The fraction of sp³-hybridized carbons (Fsp3) is 0.417. The van der Waals surface area contributed by atoms with Gasteiger partial charge in [0.1, 0.15) is 16.3 Å². The van der Waals surface area contributed by atoms with Crippen LogP contribution in [0, 0.1) is 23.1 Å². The maximum Gasteiger partial charge on any atom is 0.244 e. The molecule has 0 amide bonds. The Balaban J connectivity index is 3.23. The van der Waals surface area contributed by atoms with Crippen molar-refractivity contribution in [2.24, 2.45) is 5.92 Å². The fourth-order valence-electron chi connectivity index (χ4n) is 1.30. The minimum atomic E-state index is -4.13. The van der Waals surface area contributed by atoms with Crippen LogP contribution in [0.1, 0.15) is 20.8 Å². The van der Waals surface area contributed by atoms with Crippen molar-refractivity contribution in [1.29, 1.82) is 5.26 Å². The van der Waals surface area contributed by atoms with Gasteiger partial charge in [-0.2, -0.15) is 9.98 Å². The zero-order valence-electron chi connectivity index (χ0n) is 10.7. The average Bonchev–Trinajstić information content (AvgIpc) is 2.27. The summed E-state index contributed by atoms with van der Waals surface area (Å²) in [5, 5.41) is 9.19. The number of sulfonamides is 1. The molecule has 0 saturated heterocycles. The van der Waals surface area contributed by atoms with E-state index in [2.05, 4.69) is 4.72 Å². The number of benzene rings is 1. The largest absolute Gasteiger partial charge is 0.244 e. The molecule has 0 bridgehead atoms. The summed E-state index contributed by atoms with van der Waals surface area (Å²) in [5.74, 6) is -1.23. The number of hydrogen-bond acceptors (Lipinski definition) is 3. The highest BCUT2D eigenvalue weighted by Gasteiger charge is 2.34. The van der Waals surface area contributed by atoms with Gasteiger partial charge in [-0.25, -0.2) is 12.8 Å². The lowest BCUT2D eigenvalue weighted by molar-refractivity contribution is 0.388. The van der Waals surface area contributed by atoms with Crippen molar-refractivity contribution in [1.82, 2.24) is 4.72 Å². The van der Waals surface area contributed by atoms with Crippen molar-refractivity contribution in [3.05, 3.63) is 29.0 Å². The highest BCUT2D eigenvalue weighted by atomic mass is 35.5. The monoisotopic (exact) mass is 304 g/mol. The van der Waals surface area contributed by atoms with Crippen LogP contribution in [0.2, 0.25) is 5.02 Å². The third-order valence-corrected chi connectivity index (χ3v) is 4.75. The van der Waals surface area contributed by atoms with E-state index in [4.69, 9.17) is 16.9 Å². The Hall–Kier alpha value is -1.16. The summed E-state index contributed by atoms with van der Waals surface area (Å²) in [6, 6.07) is 5.15. The molecule has 0 aliphatic carbocycles. The Kier molecular flexibility index (Phi) is 4.56. The molecule has 1 rings (SSSR count). The SMILES string of the molecule is CC(C)[C@](C)(C#N)NS(=O)(=O)c1ccc(Cl)cc1F. The Morgan fingerprint density at radius 3 is 2.47 bits per heavy atom. The second-order valence-corrected chi connectivity index (χ2v) is 6.74. The van der Waals surface area contributed by atoms with Crippen molar-refractivity contribution in [3.63, 3.8) is 0 Å². The zero-order valence-corrected chi connectivity index (χ0v) is 12.3. The minimum absolute atomic E-state index is 0.100. The molecule has 0 unspecified atom stereocenters. The van der Waals surface area contributed by atoms with Crippen molar-refractivity contribution in [2.45, 2.75) is 31.2 Å². The molecule has 0 saturated carbocycles. The van der Waals surface area contributed by atoms with E-state index in [1.807, 2.05) is 6.07 Å². The molecule has 0 aliphatic heterocycles. The van der Waals surface area contributed by atoms with Gasteiger partial charge in [-0.3, -0.25) is 0 Å². The molecule has 7 heteroatoms. The van der Waals surface area contributed by atoms with E-state index in [0.29, 0.717) is 0 Å². The number of nitrogens with zero attached hydrogens (tertiary/aromatic N) is 1. The quantitative estimate of drug-likeness (QED) is 0.929. The van der Waals surface area contributed by atoms with Crippen LogP contribution in [-0.2, 0) is 10.0 Å². The van der Waals surface area contributed by atoms with E-state index in [9.17, 15) is 12.8 Å².